The standard InChI is InChI=1S/C13H22N4OS/c14-8-4-7-12-16-17-13(19-12)15-11(18)9-10-5-2-1-3-6-10/h10H,1-9,14H2,(H,15,17,18). The van der Waals surface area contributed by atoms with Crippen molar-refractivity contribution >= 4 is 22.4 Å². The molecule has 0 spiro atoms. The van der Waals surface area contributed by atoms with Crippen molar-refractivity contribution < 1.29 is 4.79 Å². The smallest absolute Gasteiger partial charge is 0.226 e. The number of hydrogen-bond donors (Lipinski definition) is 2. The van der Waals surface area contributed by atoms with Crippen LogP contribution >= 0.6 is 11.3 Å². The van der Waals surface area contributed by atoms with Gasteiger partial charge in [0, 0.05) is 12.8 Å². The molecule has 0 unspecified atom stereocenters. The number of hydrogen-bond acceptors (Lipinski definition) is 5. The largest absolute Gasteiger partial charge is 0.330 e. The van der Waals surface area contributed by atoms with Gasteiger partial charge in [0.15, 0.2) is 0 Å². The normalized spacial score (nSPS) is 16.5. The quantitative estimate of drug-likeness (QED) is 0.839. The summed E-state index contributed by atoms with van der Waals surface area (Å²) in [7, 11) is 0. The highest BCUT2D eigenvalue weighted by molar-refractivity contribution is 7.15. The Hall–Kier alpha value is -1.01. The van der Waals surface area contributed by atoms with E-state index in [4.69, 9.17) is 5.73 Å². The fourth-order valence-electron chi connectivity index (χ4n) is 2.48. The van der Waals surface area contributed by atoms with Crippen molar-refractivity contribution in [3.05, 3.63) is 5.01 Å². The molecule has 1 amide bonds. The Morgan fingerprint density at radius 3 is 2.84 bits per heavy atom. The van der Waals surface area contributed by atoms with Gasteiger partial charge in [0.25, 0.3) is 0 Å². The van der Waals surface area contributed by atoms with Crippen LogP contribution in [0.1, 0.15) is 50.0 Å². The predicted octanol–water partition coefficient (Wildman–Crippen LogP) is 2.34. The van der Waals surface area contributed by atoms with Gasteiger partial charge in [0.1, 0.15) is 5.01 Å². The molecule has 0 atom stereocenters. The molecule has 1 aromatic rings. The number of aryl methyl sites for hydroxylation is 1. The van der Waals surface area contributed by atoms with Crippen molar-refractivity contribution in [2.75, 3.05) is 11.9 Å². The predicted molar refractivity (Wildman–Crippen MR) is 77.1 cm³/mol. The zero-order chi connectivity index (χ0) is 13.5. The molecule has 106 valence electrons. The van der Waals surface area contributed by atoms with Crippen LogP contribution in [0.2, 0.25) is 0 Å². The van der Waals surface area contributed by atoms with Gasteiger partial charge in [-0.3, -0.25) is 4.79 Å². The van der Waals surface area contributed by atoms with E-state index in [1.807, 2.05) is 0 Å². The SMILES string of the molecule is NCCCc1nnc(NC(=O)CC2CCCCC2)s1. The van der Waals surface area contributed by atoms with Crippen molar-refractivity contribution in [1.82, 2.24) is 10.2 Å². The number of carbonyl (C=O) groups excluding carboxylic acids is 1. The molecule has 1 aromatic heterocycles. The van der Waals surface area contributed by atoms with Crippen LogP contribution in [-0.4, -0.2) is 22.6 Å². The van der Waals surface area contributed by atoms with Gasteiger partial charge in [-0.15, -0.1) is 10.2 Å². The monoisotopic (exact) mass is 282 g/mol. The van der Waals surface area contributed by atoms with Crippen molar-refractivity contribution in [1.29, 1.82) is 0 Å². The van der Waals surface area contributed by atoms with E-state index < -0.39 is 0 Å². The Morgan fingerprint density at radius 2 is 2.11 bits per heavy atom. The maximum absolute atomic E-state index is 11.9. The van der Waals surface area contributed by atoms with Crippen LogP contribution in [0.4, 0.5) is 5.13 Å². The first-order valence-corrected chi connectivity index (χ1v) is 7.92. The first-order chi connectivity index (χ1) is 9.28. The molecule has 2 rings (SSSR count). The van der Waals surface area contributed by atoms with Gasteiger partial charge in [0.05, 0.1) is 0 Å². The lowest BCUT2D eigenvalue weighted by molar-refractivity contribution is -0.117. The summed E-state index contributed by atoms with van der Waals surface area (Å²) in [5, 5.41) is 12.5. The molecule has 0 saturated heterocycles. The number of amides is 1. The van der Waals surface area contributed by atoms with Gasteiger partial charge in [0.2, 0.25) is 11.0 Å². The maximum atomic E-state index is 11.9. The van der Waals surface area contributed by atoms with Crippen LogP contribution in [-0.2, 0) is 11.2 Å². The van der Waals surface area contributed by atoms with Gasteiger partial charge in [-0.05, 0) is 31.7 Å². The second-order valence-corrected chi connectivity index (χ2v) is 6.21. The third kappa shape index (κ3) is 4.87. The summed E-state index contributed by atoms with van der Waals surface area (Å²) < 4.78 is 0. The van der Waals surface area contributed by atoms with Crippen molar-refractivity contribution in [2.45, 2.75) is 51.4 Å². The summed E-state index contributed by atoms with van der Waals surface area (Å²) in [5.74, 6) is 0.631. The third-order valence-electron chi connectivity index (χ3n) is 3.51. The molecule has 19 heavy (non-hydrogen) atoms. The summed E-state index contributed by atoms with van der Waals surface area (Å²) in [6.45, 7) is 0.656. The zero-order valence-electron chi connectivity index (χ0n) is 11.2. The Bertz CT molecular complexity index is 401. The van der Waals surface area contributed by atoms with E-state index in [-0.39, 0.29) is 5.91 Å². The van der Waals surface area contributed by atoms with E-state index in [9.17, 15) is 4.79 Å². The summed E-state index contributed by atoms with van der Waals surface area (Å²) in [4.78, 5) is 11.9. The molecule has 0 aliphatic heterocycles. The van der Waals surface area contributed by atoms with Crippen molar-refractivity contribution in [3.8, 4) is 0 Å². The summed E-state index contributed by atoms with van der Waals surface area (Å²) >= 11 is 1.45. The minimum atomic E-state index is 0.0772. The second-order valence-electron chi connectivity index (χ2n) is 5.15. The van der Waals surface area contributed by atoms with Gasteiger partial charge in [-0.2, -0.15) is 0 Å². The lowest BCUT2D eigenvalue weighted by Crippen LogP contribution is -2.18. The molecule has 0 aromatic carbocycles. The molecule has 1 heterocycles. The minimum Gasteiger partial charge on any atom is -0.330 e. The van der Waals surface area contributed by atoms with Gasteiger partial charge in [-0.25, -0.2) is 0 Å². The molecule has 0 bridgehead atoms. The van der Waals surface area contributed by atoms with E-state index in [2.05, 4.69) is 15.5 Å². The van der Waals surface area contributed by atoms with E-state index in [0.29, 0.717) is 24.0 Å². The average molecular weight is 282 g/mol. The molecular formula is C13H22N4OS. The summed E-state index contributed by atoms with van der Waals surface area (Å²) in [6, 6.07) is 0. The fourth-order valence-corrected chi connectivity index (χ4v) is 3.28. The van der Waals surface area contributed by atoms with Crippen LogP contribution in [0.15, 0.2) is 0 Å². The molecule has 1 saturated carbocycles. The number of rotatable bonds is 6. The summed E-state index contributed by atoms with van der Waals surface area (Å²) in [6.07, 6.45) is 8.59. The topological polar surface area (TPSA) is 80.9 Å². The molecule has 1 aliphatic carbocycles. The second kappa shape index (κ2) is 7.55. The minimum absolute atomic E-state index is 0.0772. The molecule has 1 fully saturated rings. The fraction of sp³-hybridized carbons (Fsp3) is 0.769. The average Bonchev–Trinajstić information content (AvgIpc) is 2.85. The van der Waals surface area contributed by atoms with Gasteiger partial charge in [-0.1, -0.05) is 30.6 Å². The van der Waals surface area contributed by atoms with Crippen LogP contribution < -0.4 is 11.1 Å². The molecule has 3 N–H and O–H groups in total. The van der Waals surface area contributed by atoms with E-state index >= 15 is 0 Å². The van der Waals surface area contributed by atoms with Crippen molar-refractivity contribution in [2.24, 2.45) is 11.7 Å². The number of aromatic nitrogens is 2. The highest BCUT2D eigenvalue weighted by Crippen LogP contribution is 2.26. The van der Waals surface area contributed by atoms with E-state index in [1.54, 1.807) is 0 Å². The Labute approximate surface area is 118 Å². The van der Waals surface area contributed by atoms with Crippen LogP contribution in [0.25, 0.3) is 0 Å². The van der Waals surface area contributed by atoms with Gasteiger partial charge < -0.3 is 11.1 Å². The zero-order valence-corrected chi connectivity index (χ0v) is 12.0. The van der Waals surface area contributed by atoms with Crippen LogP contribution in [0.3, 0.4) is 0 Å². The molecule has 6 heteroatoms. The lowest BCUT2D eigenvalue weighted by atomic mass is 9.87. The molecule has 5 nitrogen and oxygen atoms in total. The number of nitrogens with zero attached hydrogens (tertiary/aromatic N) is 2. The first-order valence-electron chi connectivity index (χ1n) is 7.10. The summed E-state index contributed by atoms with van der Waals surface area (Å²) in [5.41, 5.74) is 5.45. The number of nitrogens with one attached hydrogen (secondary N) is 1. The molecule has 0 radical (unpaired) electrons. The first kappa shape index (κ1) is 14.4. The molecular weight excluding hydrogens is 260 g/mol. The third-order valence-corrected chi connectivity index (χ3v) is 4.41. The number of anilines is 1. The van der Waals surface area contributed by atoms with E-state index in [0.717, 1.165) is 17.8 Å². The highest BCUT2D eigenvalue weighted by Gasteiger charge is 2.17. The number of carbonyl (C=O) groups is 1. The number of nitrogens with two attached hydrogens (primary N) is 1. The van der Waals surface area contributed by atoms with Crippen LogP contribution in [0.5, 0.6) is 0 Å². The Morgan fingerprint density at radius 1 is 1.32 bits per heavy atom. The highest BCUT2D eigenvalue weighted by atomic mass is 32.1. The lowest BCUT2D eigenvalue weighted by Gasteiger charge is -2.20. The van der Waals surface area contributed by atoms with E-state index in [1.165, 1.54) is 43.4 Å². The Kier molecular flexibility index (Phi) is 5.72. The molecule has 1 aliphatic rings. The van der Waals surface area contributed by atoms with Crippen molar-refractivity contribution in [3.63, 3.8) is 0 Å². The maximum Gasteiger partial charge on any atom is 0.226 e. The Balaban J connectivity index is 1.76. The van der Waals surface area contributed by atoms with Crippen LogP contribution in [0, 0.1) is 5.92 Å². The van der Waals surface area contributed by atoms with Gasteiger partial charge >= 0.3 is 0 Å².